The van der Waals surface area contributed by atoms with E-state index in [9.17, 15) is 14.0 Å². The maximum atomic E-state index is 13.7. The molecule has 0 spiro atoms. The number of hydrogen-bond donors (Lipinski definition) is 1. The van der Waals surface area contributed by atoms with Crippen LogP contribution in [0.25, 0.3) is 11.0 Å². The number of aryl methyl sites for hydroxylation is 1. The molecule has 0 radical (unpaired) electrons. The second kappa shape index (κ2) is 11.6. The van der Waals surface area contributed by atoms with Crippen LogP contribution in [0.2, 0.25) is 0 Å². The third kappa shape index (κ3) is 5.24. The molecule has 0 saturated carbocycles. The van der Waals surface area contributed by atoms with Gasteiger partial charge in [-0.25, -0.2) is 14.2 Å². The minimum atomic E-state index is -1.42. The van der Waals surface area contributed by atoms with Crippen LogP contribution in [0.3, 0.4) is 0 Å². The van der Waals surface area contributed by atoms with Gasteiger partial charge in [0.15, 0.2) is 17.1 Å². The average molecular weight is 577 g/mol. The van der Waals surface area contributed by atoms with E-state index in [0.29, 0.717) is 35.8 Å². The average Bonchev–Trinajstić information content (AvgIpc) is 3.40. The molecular formula is C31H33FN4O6. The molecule has 0 bridgehead atoms. The van der Waals surface area contributed by atoms with Gasteiger partial charge in [0, 0.05) is 53.2 Å². The fourth-order valence-electron chi connectivity index (χ4n) is 6.49. The predicted octanol–water partition coefficient (Wildman–Crippen LogP) is 5.25. The van der Waals surface area contributed by atoms with E-state index in [1.807, 2.05) is 13.0 Å². The van der Waals surface area contributed by atoms with Gasteiger partial charge < -0.3 is 24.0 Å². The molecular weight excluding hydrogens is 543 g/mol. The Kier molecular flexibility index (Phi) is 7.68. The zero-order valence-electron chi connectivity index (χ0n) is 23.6. The summed E-state index contributed by atoms with van der Waals surface area (Å²) in [6, 6.07) is 9.69. The number of halogens is 1. The van der Waals surface area contributed by atoms with Crippen molar-refractivity contribution in [3.8, 4) is 11.5 Å². The first-order valence-electron chi connectivity index (χ1n) is 14.3. The number of methoxy groups -OCH3 is 1. The second-order valence-electron chi connectivity index (χ2n) is 11.0. The van der Waals surface area contributed by atoms with Crippen molar-refractivity contribution >= 4 is 17.1 Å². The van der Waals surface area contributed by atoms with Crippen molar-refractivity contribution in [3.63, 3.8) is 0 Å². The molecule has 4 heterocycles. The van der Waals surface area contributed by atoms with Gasteiger partial charge in [-0.1, -0.05) is 17.3 Å². The van der Waals surface area contributed by atoms with Gasteiger partial charge in [-0.2, -0.15) is 0 Å². The van der Waals surface area contributed by atoms with E-state index in [1.54, 1.807) is 22.8 Å². The third-order valence-corrected chi connectivity index (χ3v) is 8.59. The molecule has 2 aromatic heterocycles. The van der Waals surface area contributed by atoms with Gasteiger partial charge in [0.2, 0.25) is 0 Å². The normalized spacial score (nSPS) is 17.7. The lowest BCUT2D eigenvalue weighted by Gasteiger charge is -2.31. The largest absolute Gasteiger partial charge is 0.511 e. The molecule has 1 atom stereocenters. The summed E-state index contributed by atoms with van der Waals surface area (Å²) >= 11 is 0. The number of fused-ring (bicyclic) bond motifs is 2. The summed E-state index contributed by atoms with van der Waals surface area (Å²) in [5.74, 6) is 0.804. The van der Waals surface area contributed by atoms with Crippen molar-refractivity contribution in [2.45, 2.75) is 57.4 Å². The van der Waals surface area contributed by atoms with Crippen molar-refractivity contribution in [1.82, 2.24) is 19.6 Å². The first-order chi connectivity index (χ1) is 20.3. The van der Waals surface area contributed by atoms with Crippen LogP contribution < -0.4 is 15.0 Å². The number of rotatable bonds is 7. The zero-order valence-corrected chi connectivity index (χ0v) is 23.6. The molecule has 4 aromatic rings. The molecule has 42 heavy (non-hydrogen) atoms. The molecule has 2 aromatic carbocycles. The van der Waals surface area contributed by atoms with Gasteiger partial charge in [0.05, 0.1) is 12.8 Å². The molecule has 11 heteroatoms. The Morgan fingerprint density at radius 1 is 1.17 bits per heavy atom. The highest BCUT2D eigenvalue weighted by molar-refractivity contribution is 5.79. The van der Waals surface area contributed by atoms with Crippen molar-refractivity contribution in [2.24, 2.45) is 0 Å². The Labute approximate surface area is 241 Å². The summed E-state index contributed by atoms with van der Waals surface area (Å²) in [6.45, 7) is 4.96. The van der Waals surface area contributed by atoms with Gasteiger partial charge in [0.25, 0.3) is 5.56 Å². The van der Waals surface area contributed by atoms with Crippen LogP contribution in [-0.2, 0) is 13.0 Å². The van der Waals surface area contributed by atoms with E-state index in [-0.39, 0.29) is 29.0 Å². The number of carbonyl (C=O) groups is 1. The lowest BCUT2D eigenvalue weighted by molar-refractivity contribution is 0.142. The van der Waals surface area contributed by atoms with E-state index in [0.717, 1.165) is 67.5 Å². The predicted molar refractivity (Wildman–Crippen MR) is 152 cm³/mol. The van der Waals surface area contributed by atoms with Crippen molar-refractivity contribution in [1.29, 1.82) is 0 Å². The maximum Gasteiger partial charge on any atom is 0.511 e. The minimum Gasteiger partial charge on any atom is -0.493 e. The maximum absolute atomic E-state index is 13.7. The van der Waals surface area contributed by atoms with Crippen molar-refractivity contribution < 1.29 is 28.3 Å². The molecule has 1 unspecified atom stereocenters. The molecule has 1 N–H and O–H groups in total. The lowest BCUT2D eigenvalue weighted by atomic mass is 9.89. The lowest BCUT2D eigenvalue weighted by Crippen LogP contribution is -2.38. The van der Waals surface area contributed by atoms with Crippen LogP contribution in [0.5, 0.6) is 11.5 Å². The second-order valence-corrected chi connectivity index (χ2v) is 11.0. The smallest absolute Gasteiger partial charge is 0.493 e. The van der Waals surface area contributed by atoms with Crippen LogP contribution in [0.1, 0.15) is 65.9 Å². The molecule has 1 fully saturated rings. The number of hydrogen-bond acceptors (Lipinski definition) is 8. The number of aromatic nitrogens is 3. The van der Waals surface area contributed by atoms with Crippen molar-refractivity contribution in [2.75, 3.05) is 26.7 Å². The first kappa shape index (κ1) is 27.9. The SMILES string of the molecule is COc1c(OC(=O)O)cccc1C1CCCn2c1nc(C)c(CCN1CCC(c3noc4cc(F)ccc34)CC1)c2=O. The summed E-state index contributed by atoms with van der Waals surface area (Å²) in [5, 5.41) is 14.3. The first-order valence-corrected chi connectivity index (χ1v) is 14.3. The molecule has 0 aliphatic carbocycles. The van der Waals surface area contributed by atoms with Gasteiger partial charge in [-0.15, -0.1) is 0 Å². The fraction of sp³-hybridized carbons (Fsp3) is 0.419. The van der Waals surface area contributed by atoms with E-state index in [4.69, 9.17) is 24.1 Å². The summed E-state index contributed by atoms with van der Waals surface area (Å²) in [6.07, 6.45) is 2.54. The van der Waals surface area contributed by atoms with Gasteiger partial charge in [-0.3, -0.25) is 9.36 Å². The molecule has 6 rings (SSSR count). The highest BCUT2D eigenvalue weighted by Gasteiger charge is 2.31. The Balaban J connectivity index is 1.17. The van der Waals surface area contributed by atoms with Crippen LogP contribution in [0, 0.1) is 12.7 Å². The highest BCUT2D eigenvalue weighted by atomic mass is 19.1. The number of ether oxygens (including phenoxy) is 2. The van der Waals surface area contributed by atoms with E-state index < -0.39 is 6.16 Å². The third-order valence-electron chi connectivity index (χ3n) is 8.59. The van der Waals surface area contributed by atoms with Gasteiger partial charge in [-0.05, 0) is 70.3 Å². The van der Waals surface area contributed by atoms with Gasteiger partial charge in [0.1, 0.15) is 11.6 Å². The molecule has 1 saturated heterocycles. The molecule has 10 nitrogen and oxygen atoms in total. The monoisotopic (exact) mass is 576 g/mol. The van der Waals surface area contributed by atoms with Crippen LogP contribution in [0.15, 0.2) is 45.7 Å². The quantitative estimate of drug-likeness (QED) is 0.232. The van der Waals surface area contributed by atoms with E-state index >= 15 is 0 Å². The summed E-state index contributed by atoms with van der Waals surface area (Å²) in [4.78, 5) is 32.2. The molecule has 0 amide bonds. The van der Waals surface area contributed by atoms with Gasteiger partial charge >= 0.3 is 6.16 Å². The minimum absolute atomic E-state index is 0.0182. The zero-order chi connectivity index (χ0) is 29.4. The Morgan fingerprint density at radius 3 is 2.74 bits per heavy atom. The van der Waals surface area contributed by atoms with Crippen LogP contribution in [0.4, 0.5) is 9.18 Å². The van der Waals surface area contributed by atoms with Crippen LogP contribution in [-0.4, -0.2) is 57.6 Å². The number of piperidine rings is 1. The number of para-hydroxylation sites is 1. The topological polar surface area (TPSA) is 120 Å². The standard InChI is InChI=1S/C31H33FN4O6/c1-18-21(12-16-35-14-10-19(11-15-35)27-24-9-8-20(32)17-26(24)42-34-27)30(37)36-13-4-6-23(29(36)33-18)22-5-3-7-25(28(22)40-2)41-31(38)39/h3,5,7-9,17,19,23H,4,6,10-16H2,1-2H3,(H,38,39). The number of benzene rings is 2. The molecule has 2 aliphatic rings. The van der Waals surface area contributed by atoms with E-state index in [2.05, 4.69) is 10.1 Å². The summed E-state index contributed by atoms with van der Waals surface area (Å²) < 4.78 is 31.2. The molecule has 220 valence electrons. The van der Waals surface area contributed by atoms with Crippen LogP contribution >= 0.6 is 0 Å². The highest BCUT2D eigenvalue weighted by Crippen LogP contribution is 2.41. The molecule has 2 aliphatic heterocycles. The van der Waals surface area contributed by atoms with Crippen molar-refractivity contribution in [3.05, 3.63) is 80.9 Å². The Bertz CT molecular complexity index is 1690. The number of carboxylic acid groups (broad SMARTS) is 1. The van der Waals surface area contributed by atoms with E-state index in [1.165, 1.54) is 19.2 Å². The Hall–Kier alpha value is -4.25. The summed E-state index contributed by atoms with van der Waals surface area (Å²) in [7, 11) is 1.48. The fourth-order valence-corrected chi connectivity index (χ4v) is 6.49. The Morgan fingerprint density at radius 2 is 1.98 bits per heavy atom. The number of nitrogens with zero attached hydrogens (tertiary/aromatic N) is 4. The summed E-state index contributed by atoms with van der Waals surface area (Å²) in [5.41, 5.74) is 3.54. The number of likely N-dealkylation sites (tertiary alicyclic amines) is 1.